The molecular formula is C17H18O2. The van der Waals surface area contributed by atoms with E-state index in [0.29, 0.717) is 0 Å². The van der Waals surface area contributed by atoms with Gasteiger partial charge in [0.25, 0.3) is 0 Å². The summed E-state index contributed by atoms with van der Waals surface area (Å²) in [6, 6.07) is 18.1. The van der Waals surface area contributed by atoms with Gasteiger partial charge in [-0.05, 0) is 23.6 Å². The first-order valence-electron chi connectivity index (χ1n) is 6.47. The molecule has 2 heteroatoms. The van der Waals surface area contributed by atoms with Crippen LogP contribution in [0.3, 0.4) is 0 Å². The van der Waals surface area contributed by atoms with Crippen LogP contribution in [0, 0.1) is 0 Å². The third-order valence-electron chi connectivity index (χ3n) is 3.58. The van der Waals surface area contributed by atoms with Crippen molar-refractivity contribution in [3.05, 3.63) is 71.3 Å². The third-order valence-corrected chi connectivity index (χ3v) is 3.58. The lowest BCUT2D eigenvalue weighted by Crippen LogP contribution is -2.08. The second-order valence-corrected chi connectivity index (χ2v) is 4.86. The van der Waals surface area contributed by atoms with Gasteiger partial charge in [-0.25, -0.2) is 0 Å². The molecule has 0 radical (unpaired) electrons. The van der Waals surface area contributed by atoms with Crippen LogP contribution in [0.25, 0.3) is 0 Å². The molecule has 0 aromatic heterocycles. The number of aliphatic carboxylic acids is 1. The van der Waals surface area contributed by atoms with Gasteiger partial charge in [-0.15, -0.1) is 0 Å². The average molecular weight is 254 g/mol. The number of carboxylic acids is 1. The summed E-state index contributed by atoms with van der Waals surface area (Å²) in [5.74, 6) is -0.991. The number of carbonyl (C=O) groups is 1. The zero-order valence-electron chi connectivity index (χ0n) is 11.2. The third kappa shape index (κ3) is 3.02. The Bertz CT molecular complexity index is 560. The summed E-state index contributed by atoms with van der Waals surface area (Å²) in [6.45, 7) is 3.86. The van der Waals surface area contributed by atoms with Crippen molar-refractivity contribution in [1.29, 1.82) is 0 Å². The minimum absolute atomic E-state index is 0.266. The molecule has 2 aromatic rings. The van der Waals surface area contributed by atoms with Gasteiger partial charge in [0, 0.05) is 5.92 Å². The zero-order chi connectivity index (χ0) is 13.8. The van der Waals surface area contributed by atoms with Crippen LogP contribution in [0.15, 0.2) is 54.6 Å². The lowest BCUT2D eigenvalue weighted by atomic mass is 9.90. The topological polar surface area (TPSA) is 37.3 Å². The molecule has 2 nitrogen and oxygen atoms in total. The van der Waals surface area contributed by atoms with Crippen LogP contribution in [-0.4, -0.2) is 11.1 Å². The number of hydrogen-bond acceptors (Lipinski definition) is 1. The highest BCUT2D eigenvalue weighted by Crippen LogP contribution is 2.26. The molecule has 0 saturated carbocycles. The summed E-state index contributed by atoms with van der Waals surface area (Å²) in [6.07, 6.45) is 0. The molecule has 98 valence electrons. The summed E-state index contributed by atoms with van der Waals surface area (Å²) in [7, 11) is 0. The molecule has 0 spiro atoms. The van der Waals surface area contributed by atoms with E-state index in [-0.39, 0.29) is 5.92 Å². The Labute approximate surface area is 113 Å². The monoisotopic (exact) mass is 254 g/mol. The molecule has 0 fully saturated rings. The first-order chi connectivity index (χ1) is 9.09. The predicted molar refractivity (Wildman–Crippen MR) is 76.5 cm³/mol. The van der Waals surface area contributed by atoms with Gasteiger partial charge in [0.15, 0.2) is 0 Å². The Balaban J connectivity index is 2.31. The van der Waals surface area contributed by atoms with Crippen molar-refractivity contribution < 1.29 is 9.90 Å². The van der Waals surface area contributed by atoms with Gasteiger partial charge in [0.2, 0.25) is 0 Å². The minimum Gasteiger partial charge on any atom is -0.481 e. The van der Waals surface area contributed by atoms with Crippen molar-refractivity contribution >= 4 is 5.97 Å². The summed E-state index contributed by atoms with van der Waals surface area (Å²) in [4.78, 5) is 11.1. The predicted octanol–water partition coefficient (Wildman–Crippen LogP) is 4.03. The van der Waals surface area contributed by atoms with E-state index in [9.17, 15) is 4.79 Å². The second-order valence-electron chi connectivity index (χ2n) is 4.86. The highest BCUT2D eigenvalue weighted by Gasteiger charge is 2.15. The summed E-state index contributed by atoms with van der Waals surface area (Å²) in [5.41, 5.74) is 3.24. The standard InChI is InChI=1S/C17H18O2/c1-12(14-7-4-3-5-8-14)15-9-6-10-16(11-15)13(2)17(18)19/h3-13H,1-2H3,(H,18,19)/t12-,13-/m1/s1. The molecule has 2 atom stereocenters. The molecule has 0 amide bonds. The zero-order valence-corrected chi connectivity index (χ0v) is 11.2. The van der Waals surface area contributed by atoms with E-state index in [1.165, 1.54) is 5.56 Å². The normalized spacial score (nSPS) is 13.8. The van der Waals surface area contributed by atoms with E-state index < -0.39 is 11.9 Å². The summed E-state index contributed by atoms with van der Waals surface area (Å²) < 4.78 is 0. The summed E-state index contributed by atoms with van der Waals surface area (Å²) in [5, 5.41) is 9.08. The van der Waals surface area contributed by atoms with Crippen LogP contribution < -0.4 is 0 Å². The smallest absolute Gasteiger partial charge is 0.310 e. The van der Waals surface area contributed by atoms with Crippen molar-refractivity contribution in [3.63, 3.8) is 0 Å². The summed E-state index contributed by atoms with van der Waals surface area (Å²) >= 11 is 0. The van der Waals surface area contributed by atoms with Crippen LogP contribution in [0.1, 0.15) is 42.4 Å². The largest absolute Gasteiger partial charge is 0.481 e. The molecule has 0 bridgehead atoms. The quantitative estimate of drug-likeness (QED) is 0.894. The van der Waals surface area contributed by atoms with E-state index in [4.69, 9.17) is 5.11 Å². The van der Waals surface area contributed by atoms with Gasteiger partial charge >= 0.3 is 5.97 Å². The van der Waals surface area contributed by atoms with Crippen molar-refractivity contribution in [2.24, 2.45) is 0 Å². The average Bonchev–Trinajstić information content (AvgIpc) is 2.46. The Morgan fingerprint density at radius 2 is 1.47 bits per heavy atom. The van der Waals surface area contributed by atoms with Gasteiger partial charge in [-0.1, -0.05) is 61.5 Å². The molecule has 0 saturated heterocycles. The van der Waals surface area contributed by atoms with Crippen molar-refractivity contribution in [1.82, 2.24) is 0 Å². The highest BCUT2D eigenvalue weighted by atomic mass is 16.4. The Hall–Kier alpha value is -2.09. The number of rotatable bonds is 4. The molecule has 19 heavy (non-hydrogen) atoms. The molecule has 2 rings (SSSR count). The fourth-order valence-corrected chi connectivity index (χ4v) is 2.17. The van der Waals surface area contributed by atoms with Crippen molar-refractivity contribution in [2.75, 3.05) is 0 Å². The minimum atomic E-state index is -0.787. The highest BCUT2D eigenvalue weighted by molar-refractivity contribution is 5.75. The number of carboxylic acid groups (broad SMARTS) is 1. The Kier molecular flexibility index (Phi) is 4.00. The maximum atomic E-state index is 11.1. The SMILES string of the molecule is C[C@H](c1ccccc1)c1cccc([C@@H](C)C(=O)O)c1. The lowest BCUT2D eigenvalue weighted by molar-refractivity contribution is -0.138. The maximum absolute atomic E-state index is 11.1. The van der Waals surface area contributed by atoms with Crippen molar-refractivity contribution in [3.8, 4) is 0 Å². The van der Waals surface area contributed by atoms with Gasteiger partial charge < -0.3 is 5.11 Å². The van der Waals surface area contributed by atoms with Gasteiger partial charge in [0.05, 0.1) is 5.92 Å². The van der Waals surface area contributed by atoms with Crippen LogP contribution >= 0.6 is 0 Å². The Morgan fingerprint density at radius 3 is 2.11 bits per heavy atom. The number of benzene rings is 2. The van der Waals surface area contributed by atoms with E-state index in [2.05, 4.69) is 25.1 Å². The van der Waals surface area contributed by atoms with Gasteiger partial charge in [-0.3, -0.25) is 4.79 Å². The Morgan fingerprint density at radius 1 is 0.895 bits per heavy atom. The molecule has 0 aliphatic heterocycles. The molecule has 2 aromatic carbocycles. The van der Waals surface area contributed by atoms with Gasteiger partial charge in [-0.2, -0.15) is 0 Å². The molecule has 0 heterocycles. The first kappa shape index (κ1) is 13.3. The first-order valence-corrected chi connectivity index (χ1v) is 6.47. The van der Waals surface area contributed by atoms with E-state index in [0.717, 1.165) is 11.1 Å². The van der Waals surface area contributed by atoms with E-state index in [1.807, 2.05) is 36.4 Å². The molecule has 0 aliphatic rings. The van der Waals surface area contributed by atoms with E-state index in [1.54, 1.807) is 6.92 Å². The van der Waals surface area contributed by atoms with E-state index >= 15 is 0 Å². The fourth-order valence-electron chi connectivity index (χ4n) is 2.17. The van der Waals surface area contributed by atoms with Crippen LogP contribution in [-0.2, 0) is 4.79 Å². The van der Waals surface area contributed by atoms with Crippen LogP contribution in [0.4, 0.5) is 0 Å². The molecular weight excluding hydrogens is 236 g/mol. The molecule has 1 N–H and O–H groups in total. The van der Waals surface area contributed by atoms with Crippen LogP contribution in [0.5, 0.6) is 0 Å². The van der Waals surface area contributed by atoms with Gasteiger partial charge in [0.1, 0.15) is 0 Å². The second kappa shape index (κ2) is 5.70. The van der Waals surface area contributed by atoms with Crippen molar-refractivity contribution in [2.45, 2.75) is 25.7 Å². The molecule has 0 unspecified atom stereocenters. The fraction of sp³-hybridized carbons (Fsp3) is 0.235. The number of hydrogen-bond donors (Lipinski definition) is 1. The maximum Gasteiger partial charge on any atom is 0.310 e. The lowest BCUT2D eigenvalue weighted by Gasteiger charge is -2.15. The molecule has 0 aliphatic carbocycles. The van der Waals surface area contributed by atoms with Crippen LogP contribution in [0.2, 0.25) is 0 Å².